The first kappa shape index (κ1) is 15.8. The summed E-state index contributed by atoms with van der Waals surface area (Å²) >= 11 is 15.4. The number of halogens is 3. The lowest BCUT2D eigenvalue weighted by Crippen LogP contribution is -2.40. The topological polar surface area (TPSA) is 20.3 Å². The zero-order chi connectivity index (χ0) is 14.1. The Kier molecular flexibility index (Phi) is 5.10. The molecule has 0 bridgehead atoms. The minimum absolute atomic E-state index is 0.000941. The second kappa shape index (κ2) is 5.81. The largest absolute Gasteiger partial charge is 0.338 e. The van der Waals surface area contributed by atoms with Crippen LogP contribution in [-0.2, 0) is 4.79 Å². The molecular weight excluding hydrogens is 337 g/mol. The molecule has 0 radical (unpaired) electrons. The maximum atomic E-state index is 12.2. The van der Waals surface area contributed by atoms with Crippen molar-refractivity contribution in [2.45, 2.75) is 31.1 Å². The summed E-state index contributed by atoms with van der Waals surface area (Å²) < 4.78 is -0.588. The number of amides is 1. The van der Waals surface area contributed by atoms with Crippen LogP contribution in [0.1, 0.15) is 32.4 Å². The van der Waals surface area contributed by atoms with Crippen molar-refractivity contribution in [3.05, 3.63) is 33.8 Å². The van der Waals surface area contributed by atoms with E-state index in [9.17, 15) is 4.79 Å². The first-order chi connectivity index (χ1) is 8.14. The van der Waals surface area contributed by atoms with E-state index >= 15 is 0 Å². The van der Waals surface area contributed by atoms with Crippen molar-refractivity contribution in [2.75, 3.05) is 7.05 Å². The quantitative estimate of drug-likeness (QED) is 0.723. The molecule has 1 atom stereocenters. The van der Waals surface area contributed by atoms with Crippen LogP contribution in [0.25, 0.3) is 0 Å². The molecule has 0 heterocycles. The van der Waals surface area contributed by atoms with Crippen molar-refractivity contribution in [2.24, 2.45) is 0 Å². The fraction of sp³-hybridized carbons (Fsp3) is 0.462. The molecule has 1 aromatic carbocycles. The maximum absolute atomic E-state index is 12.2. The minimum atomic E-state index is -0.588. The van der Waals surface area contributed by atoms with Crippen LogP contribution in [-0.4, -0.2) is 22.2 Å². The van der Waals surface area contributed by atoms with E-state index in [0.29, 0.717) is 10.0 Å². The summed E-state index contributed by atoms with van der Waals surface area (Å²) in [5.41, 5.74) is 0.883. The van der Waals surface area contributed by atoms with E-state index < -0.39 is 4.32 Å². The monoisotopic (exact) mass is 351 g/mol. The van der Waals surface area contributed by atoms with Crippen LogP contribution in [0.15, 0.2) is 18.2 Å². The highest BCUT2D eigenvalue weighted by Crippen LogP contribution is 2.31. The van der Waals surface area contributed by atoms with Crippen molar-refractivity contribution in [1.29, 1.82) is 0 Å². The molecular formula is C13H16BrCl2NO. The Hall–Kier alpha value is -0.250. The summed E-state index contributed by atoms with van der Waals surface area (Å²) in [5, 5.41) is 1.16. The first-order valence-corrected chi connectivity index (χ1v) is 7.10. The normalized spacial score (nSPS) is 13.3. The molecule has 1 aromatic rings. The molecule has 0 spiro atoms. The highest BCUT2D eigenvalue weighted by atomic mass is 79.9. The van der Waals surface area contributed by atoms with Crippen molar-refractivity contribution in [1.82, 2.24) is 4.90 Å². The van der Waals surface area contributed by atoms with Gasteiger partial charge in [-0.2, -0.15) is 0 Å². The van der Waals surface area contributed by atoms with Crippen molar-refractivity contribution in [3.63, 3.8) is 0 Å². The van der Waals surface area contributed by atoms with Gasteiger partial charge in [-0.05, 0) is 38.5 Å². The maximum Gasteiger partial charge on any atom is 0.239 e. The van der Waals surface area contributed by atoms with Crippen LogP contribution >= 0.6 is 39.1 Å². The van der Waals surface area contributed by atoms with Crippen molar-refractivity contribution in [3.8, 4) is 0 Å². The summed E-state index contributed by atoms with van der Waals surface area (Å²) in [6.07, 6.45) is 0. The van der Waals surface area contributed by atoms with Gasteiger partial charge in [0, 0.05) is 17.1 Å². The van der Waals surface area contributed by atoms with E-state index in [1.807, 2.05) is 26.8 Å². The number of alkyl halides is 1. The number of carbonyl (C=O) groups is 1. The average Bonchev–Trinajstić information content (AvgIpc) is 2.25. The van der Waals surface area contributed by atoms with Gasteiger partial charge >= 0.3 is 0 Å². The molecule has 1 rings (SSSR count). The molecule has 0 aromatic heterocycles. The molecule has 100 valence electrons. The van der Waals surface area contributed by atoms with Crippen LogP contribution in [0.4, 0.5) is 0 Å². The Morgan fingerprint density at radius 3 is 2.39 bits per heavy atom. The van der Waals surface area contributed by atoms with Gasteiger partial charge in [0.25, 0.3) is 0 Å². The highest BCUT2D eigenvalue weighted by Gasteiger charge is 2.30. The lowest BCUT2D eigenvalue weighted by Gasteiger charge is -2.30. The summed E-state index contributed by atoms with van der Waals surface area (Å²) in [7, 11) is 1.76. The summed E-state index contributed by atoms with van der Waals surface area (Å²) in [6, 6.07) is 5.20. The number of nitrogens with zero attached hydrogens (tertiary/aromatic N) is 1. The first-order valence-electron chi connectivity index (χ1n) is 5.55. The molecule has 5 heteroatoms. The van der Waals surface area contributed by atoms with Crippen LogP contribution < -0.4 is 0 Å². The fourth-order valence-corrected chi connectivity index (χ4v) is 2.49. The van der Waals surface area contributed by atoms with E-state index in [1.54, 1.807) is 24.1 Å². The lowest BCUT2D eigenvalue weighted by atomic mass is 10.1. The third-order valence-corrected chi connectivity index (χ3v) is 3.72. The second-order valence-electron chi connectivity index (χ2n) is 4.73. The van der Waals surface area contributed by atoms with Gasteiger partial charge in [-0.1, -0.05) is 45.2 Å². The zero-order valence-electron chi connectivity index (χ0n) is 10.8. The van der Waals surface area contributed by atoms with Gasteiger partial charge in [0.15, 0.2) is 0 Å². The zero-order valence-corrected chi connectivity index (χ0v) is 13.9. The third-order valence-electron chi connectivity index (χ3n) is 2.82. The minimum Gasteiger partial charge on any atom is -0.338 e. The Morgan fingerprint density at radius 1 is 1.39 bits per heavy atom. The van der Waals surface area contributed by atoms with Gasteiger partial charge in [0.05, 0.1) is 10.4 Å². The number of hydrogen-bond donors (Lipinski definition) is 0. The molecule has 0 N–H and O–H groups in total. The molecule has 1 unspecified atom stereocenters. The van der Waals surface area contributed by atoms with Crippen LogP contribution in [0.5, 0.6) is 0 Å². The van der Waals surface area contributed by atoms with Crippen LogP contribution in [0, 0.1) is 0 Å². The number of hydrogen-bond acceptors (Lipinski definition) is 1. The molecule has 1 amide bonds. The lowest BCUT2D eigenvalue weighted by molar-refractivity contribution is -0.133. The highest BCUT2D eigenvalue weighted by molar-refractivity contribution is 9.10. The number of rotatable bonds is 3. The van der Waals surface area contributed by atoms with Gasteiger partial charge < -0.3 is 4.90 Å². The van der Waals surface area contributed by atoms with Gasteiger partial charge in [-0.15, -0.1) is 0 Å². The molecule has 0 aliphatic heterocycles. The van der Waals surface area contributed by atoms with Gasteiger partial charge in [0.2, 0.25) is 5.91 Å². The van der Waals surface area contributed by atoms with E-state index in [-0.39, 0.29) is 11.9 Å². The SMILES string of the molecule is CC(c1ccc(Cl)cc1Cl)N(C)C(=O)C(C)(C)Br. The summed E-state index contributed by atoms with van der Waals surface area (Å²) in [4.78, 5) is 13.8. The second-order valence-corrected chi connectivity index (χ2v) is 7.56. The molecule has 2 nitrogen and oxygen atoms in total. The summed E-state index contributed by atoms with van der Waals surface area (Å²) in [6.45, 7) is 5.58. The molecule has 0 saturated heterocycles. The average molecular weight is 353 g/mol. The Balaban J connectivity index is 3.00. The van der Waals surface area contributed by atoms with Crippen molar-refractivity contribution >= 4 is 45.0 Å². The molecule has 0 saturated carbocycles. The molecule has 0 aliphatic carbocycles. The van der Waals surface area contributed by atoms with Crippen molar-refractivity contribution < 1.29 is 4.79 Å². The number of carbonyl (C=O) groups excluding carboxylic acids is 1. The van der Waals surface area contributed by atoms with E-state index in [0.717, 1.165) is 5.56 Å². The van der Waals surface area contributed by atoms with E-state index in [2.05, 4.69) is 15.9 Å². The Labute approximate surface area is 126 Å². The molecule has 0 fully saturated rings. The van der Waals surface area contributed by atoms with E-state index in [4.69, 9.17) is 23.2 Å². The molecule has 0 aliphatic rings. The Morgan fingerprint density at radius 2 is 1.94 bits per heavy atom. The van der Waals surface area contributed by atoms with Gasteiger partial charge in [-0.25, -0.2) is 0 Å². The Bertz CT molecular complexity index is 457. The van der Waals surface area contributed by atoms with Gasteiger partial charge in [-0.3, -0.25) is 4.79 Å². The smallest absolute Gasteiger partial charge is 0.239 e. The van der Waals surface area contributed by atoms with E-state index in [1.165, 1.54) is 0 Å². The standard InChI is InChI=1S/C13H16BrCl2NO/c1-8(17(4)12(18)13(2,3)14)10-6-5-9(15)7-11(10)16/h5-8H,1-4H3. The predicted molar refractivity (Wildman–Crippen MR) is 80.7 cm³/mol. The molecule has 18 heavy (non-hydrogen) atoms. The summed E-state index contributed by atoms with van der Waals surface area (Å²) in [5.74, 6) is 0.000941. The number of benzene rings is 1. The van der Waals surface area contributed by atoms with Gasteiger partial charge in [0.1, 0.15) is 0 Å². The third kappa shape index (κ3) is 3.62. The van der Waals surface area contributed by atoms with Crippen LogP contribution in [0.3, 0.4) is 0 Å². The van der Waals surface area contributed by atoms with Crippen LogP contribution in [0.2, 0.25) is 10.0 Å². The fourth-order valence-electron chi connectivity index (χ4n) is 1.64. The predicted octanol–water partition coefficient (Wildman–Crippen LogP) is 4.69.